The van der Waals surface area contributed by atoms with Crippen LogP contribution in [0.2, 0.25) is 0 Å². The summed E-state index contributed by atoms with van der Waals surface area (Å²) < 4.78 is 0. The zero-order chi connectivity index (χ0) is 11.3. The Labute approximate surface area is 93.2 Å². The number of hydrogen-bond acceptors (Lipinski definition) is 1. The highest BCUT2D eigenvalue weighted by molar-refractivity contribution is 5.57. The summed E-state index contributed by atoms with van der Waals surface area (Å²) >= 11 is 0. The van der Waals surface area contributed by atoms with Gasteiger partial charge < -0.3 is 5.32 Å². The summed E-state index contributed by atoms with van der Waals surface area (Å²) in [6.45, 7) is 10.3. The molecule has 1 aromatic carbocycles. The van der Waals surface area contributed by atoms with E-state index in [-0.39, 0.29) is 0 Å². The Hall–Kier alpha value is -1.24. The number of aryl methyl sites for hydroxylation is 2. The lowest BCUT2D eigenvalue weighted by atomic mass is 10.1. The summed E-state index contributed by atoms with van der Waals surface area (Å²) in [5, 5.41) is 3.59. The van der Waals surface area contributed by atoms with Crippen molar-refractivity contribution in [1.29, 1.82) is 0 Å². The Bertz CT molecular complexity index is 308. The highest BCUT2D eigenvalue weighted by Crippen LogP contribution is 2.21. The molecule has 0 bridgehead atoms. The van der Waals surface area contributed by atoms with Gasteiger partial charge in [0, 0.05) is 11.7 Å². The molecule has 0 aromatic heterocycles. The quantitative estimate of drug-likeness (QED) is 0.711. The van der Waals surface area contributed by atoms with Crippen LogP contribution in [0.1, 0.15) is 30.9 Å². The molecule has 1 heteroatoms. The van der Waals surface area contributed by atoms with Gasteiger partial charge in [0.25, 0.3) is 0 Å². The maximum atomic E-state index is 3.79. The molecule has 15 heavy (non-hydrogen) atoms. The number of benzene rings is 1. The lowest BCUT2D eigenvalue weighted by Gasteiger charge is -2.20. The van der Waals surface area contributed by atoms with Gasteiger partial charge in [-0.15, -0.1) is 6.58 Å². The van der Waals surface area contributed by atoms with E-state index in [0.29, 0.717) is 6.04 Å². The van der Waals surface area contributed by atoms with Crippen molar-refractivity contribution in [3.63, 3.8) is 0 Å². The second-order valence-corrected chi connectivity index (χ2v) is 4.04. The van der Waals surface area contributed by atoms with Crippen LogP contribution < -0.4 is 5.32 Å². The first-order valence-corrected chi connectivity index (χ1v) is 5.62. The molecule has 0 spiro atoms. The average Bonchev–Trinajstić information content (AvgIpc) is 2.22. The molecule has 0 fully saturated rings. The molecule has 0 amide bonds. The molecule has 1 N–H and O–H groups in total. The molecule has 0 aliphatic heterocycles. The fourth-order valence-electron chi connectivity index (χ4n) is 1.78. The molecule has 0 radical (unpaired) electrons. The largest absolute Gasteiger partial charge is 0.382 e. The van der Waals surface area contributed by atoms with Crippen molar-refractivity contribution in [2.24, 2.45) is 0 Å². The van der Waals surface area contributed by atoms with E-state index in [1.54, 1.807) is 0 Å². The Morgan fingerprint density at radius 1 is 1.33 bits per heavy atom. The molecule has 1 unspecified atom stereocenters. The molecule has 1 aromatic rings. The standard InChI is InChI=1S/C14H21N/c1-5-8-13(6-2)15-14-11(3)9-7-10-12(14)4/h5,7,9-10,13,15H,1,6,8H2,2-4H3. The van der Waals surface area contributed by atoms with E-state index in [4.69, 9.17) is 0 Å². The SMILES string of the molecule is C=CCC(CC)Nc1c(C)cccc1C. The Morgan fingerprint density at radius 3 is 2.40 bits per heavy atom. The maximum Gasteiger partial charge on any atom is 0.0401 e. The fraction of sp³-hybridized carbons (Fsp3) is 0.429. The van der Waals surface area contributed by atoms with Crippen LogP contribution in [0.5, 0.6) is 0 Å². The molecule has 0 aliphatic rings. The van der Waals surface area contributed by atoms with Crippen molar-refractivity contribution in [2.75, 3.05) is 5.32 Å². The van der Waals surface area contributed by atoms with E-state index < -0.39 is 0 Å². The number of hydrogen-bond donors (Lipinski definition) is 1. The first-order chi connectivity index (χ1) is 7.19. The van der Waals surface area contributed by atoms with Crippen molar-refractivity contribution in [1.82, 2.24) is 0 Å². The fourth-order valence-corrected chi connectivity index (χ4v) is 1.78. The highest BCUT2D eigenvalue weighted by Gasteiger charge is 2.07. The second kappa shape index (κ2) is 5.59. The molecule has 0 heterocycles. The smallest absolute Gasteiger partial charge is 0.0401 e. The minimum atomic E-state index is 0.502. The Kier molecular flexibility index (Phi) is 4.41. The average molecular weight is 203 g/mol. The normalized spacial score (nSPS) is 12.2. The Morgan fingerprint density at radius 2 is 1.93 bits per heavy atom. The van der Waals surface area contributed by atoms with Crippen LogP contribution in [0, 0.1) is 13.8 Å². The minimum Gasteiger partial charge on any atom is -0.382 e. The monoisotopic (exact) mass is 203 g/mol. The van der Waals surface area contributed by atoms with Gasteiger partial charge in [-0.2, -0.15) is 0 Å². The number of para-hydroxylation sites is 1. The van der Waals surface area contributed by atoms with Crippen LogP contribution in [0.15, 0.2) is 30.9 Å². The summed E-state index contributed by atoms with van der Waals surface area (Å²) in [5.41, 5.74) is 3.92. The van der Waals surface area contributed by atoms with Crippen LogP contribution >= 0.6 is 0 Å². The third kappa shape index (κ3) is 3.12. The van der Waals surface area contributed by atoms with E-state index in [1.165, 1.54) is 16.8 Å². The Balaban J connectivity index is 2.82. The van der Waals surface area contributed by atoms with Crippen molar-refractivity contribution in [2.45, 2.75) is 39.7 Å². The molecular formula is C14H21N. The van der Waals surface area contributed by atoms with Gasteiger partial charge in [-0.05, 0) is 37.8 Å². The van der Waals surface area contributed by atoms with Crippen LogP contribution in [-0.4, -0.2) is 6.04 Å². The van der Waals surface area contributed by atoms with Crippen LogP contribution in [0.3, 0.4) is 0 Å². The van der Waals surface area contributed by atoms with Gasteiger partial charge in [0.05, 0.1) is 0 Å². The summed E-state index contributed by atoms with van der Waals surface area (Å²) in [7, 11) is 0. The van der Waals surface area contributed by atoms with E-state index in [2.05, 4.69) is 50.9 Å². The number of rotatable bonds is 5. The third-order valence-corrected chi connectivity index (χ3v) is 2.77. The lowest BCUT2D eigenvalue weighted by Crippen LogP contribution is -2.18. The first kappa shape index (κ1) is 11.8. The molecule has 0 aliphatic carbocycles. The van der Waals surface area contributed by atoms with Gasteiger partial charge in [-0.25, -0.2) is 0 Å². The second-order valence-electron chi connectivity index (χ2n) is 4.04. The number of nitrogens with one attached hydrogen (secondary N) is 1. The van der Waals surface area contributed by atoms with E-state index in [1.807, 2.05) is 6.08 Å². The summed E-state index contributed by atoms with van der Waals surface area (Å²) in [5.74, 6) is 0. The molecule has 0 saturated carbocycles. The van der Waals surface area contributed by atoms with Gasteiger partial charge in [0.15, 0.2) is 0 Å². The van der Waals surface area contributed by atoms with E-state index >= 15 is 0 Å². The van der Waals surface area contributed by atoms with Crippen molar-refractivity contribution in [3.05, 3.63) is 42.0 Å². The predicted molar refractivity (Wildman–Crippen MR) is 68.4 cm³/mol. The topological polar surface area (TPSA) is 12.0 Å². The molecule has 82 valence electrons. The van der Waals surface area contributed by atoms with Crippen LogP contribution in [0.25, 0.3) is 0 Å². The molecular weight excluding hydrogens is 182 g/mol. The molecule has 1 nitrogen and oxygen atoms in total. The summed E-state index contributed by atoms with van der Waals surface area (Å²) in [6.07, 6.45) is 4.12. The summed E-state index contributed by atoms with van der Waals surface area (Å²) in [6, 6.07) is 6.90. The zero-order valence-electron chi connectivity index (χ0n) is 10.0. The van der Waals surface area contributed by atoms with E-state index in [9.17, 15) is 0 Å². The third-order valence-electron chi connectivity index (χ3n) is 2.77. The lowest BCUT2D eigenvalue weighted by molar-refractivity contribution is 0.704. The molecule has 1 atom stereocenters. The predicted octanol–water partition coefficient (Wildman–Crippen LogP) is 4.07. The molecule has 1 rings (SSSR count). The van der Waals surface area contributed by atoms with Crippen molar-refractivity contribution >= 4 is 5.69 Å². The summed E-state index contributed by atoms with van der Waals surface area (Å²) in [4.78, 5) is 0. The van der Waals surface area contributed by atoms with Crippen molar-refractivity contribution < 1.29 is 0 Å². The first-order valence-electron chi connectivity index (χ1n) is 5.62. The van der Waals surface area contributed by atoms with Crippen LogP contribution in [-0.2, 0) is 0 Å². The molecule has 0 saturated heterocycles. The van der Waals surface area contributed by atoms with Gasteiger partial charge in [0.1, 0.15) is 0 Å². The zero-order valence-corrected chi connectivity index (χ0v) is 10.0. The van der Waals surface area contributed by atoms with Gasteiger partial charge in [-0.1, -0.05) is 31.2 Å². The van der Waals surface area contributed by atoms with Gasteiger partial charge >= 0.3 is 0 Å². The number of anilines is 1. The maximum absolute atomic E-state index is 3.79. The highest BCUT2D eigenvalue weighted by atomic mass is 14.9. The van der Waals surface area contributed by atoms with Gasteiger partial charge in [-0.3, -0.25) is 0 Å². The van der Waals surface area contributed by atoms with E-state index in [0.717, 1.165) is 12.8 Å². The van der Waals surface area contributed by atoms with Crippen molar-refractivity contribution in [3.8, 4) is 0 Å². The minimum absolute atomic E-state index is 0.502. The van der Waals surface area contributed by atoms with Gasteiger partial charge in [0.2, 0.25) is 0 Å². The van der Waals surface area contributed by atoms with Crippen LogP contribution in [0.4, 0.5) is 5.69 Å².